The Kier molecular flexibility index (Phi) is 2.04. The minimum atomic E-state index is -2.87. The molecule has 0 saturated carbocycles. The maximum absolute atomic E-state index is 11.8. The number of hydrogen-bond donors (Lipinski definition) is 3. The summed E-state index contributed by atoms with van der Waals surface area (Å²) in [7, 11) is 0. The predicted octanol–water partition coefficient (Wildman–Crippen LogP) is -1.51. The van der Waals surface area contributed by atoms with E-state index in [1.165, 1.54) is 0 Å². The minimum Gasteiger partial charge on any atom is -0.394 e. The number of aromatic nitrogens is 2. The van der Waals surface area contributed by atoms with Crippen LogP contribution >= 0.6 is 0 Å². The Bertz CT molecular complexity index is 652. The topological polar surface area (TPSA) is 105 Å². The van der Waals surface area contributed by atoms with Gasteiger partial charge in [-0.05, 0) is 6.85 Å². The van der Waals surface area contributed by atoms with Crippen molar-refractivity contribution < 1.29 is 20.4 Å². The van der Waals surface area contributed by atoms with Gasteiger partial charge in [0.25, 0.3) is 5.56 Å². The lowest BCUT2D eigenvalue weighted by atomic mass is 10.2. The highest BCUT2D eigenvalue weighted by molar-refractivity contribution is 5.02. The van der Waals surface area contributed by atoms with Crippen LogP contribution in [0.25, 0.3) is 0 Å². The van der Waals surface area contributed by atoms with E-state index >= 15 is 0 Å². The molecule has 1 aromatic heterocycles. The first-order valence-corrected chi connectivity index (χ1v) is 4.97. The fraction of sp³-hybridized carbons (Fsp3) is 0.600. The van der Waals surface area contributed by atoms with Crippen molar-refractivity contribution in [3.8, 4) is 0 Å². The van der Waals surface area contributed by atoms with Gasteiger partial charge in [0.2, 0.25) is 0 Å². The third kappa shape index (κ3) is 2.17. The molecular weight excluding hydrogens is 228 g/mol. The number of ether oxygens (including phenoxy) is 1. The van der Waals surface area contributed by atoms with Gasteiger partial charge in [-0.1, -0.05) is 0 Å². The Labute approximate surface area is 102 Å². The van der Waals surface area contributed by atoms with E-state index in [9.17, 15) is 14.7 Å². The normalized spacial score (nSPS) is 32.7. The number of rotatable bonds is 2. The summed E-state index contributed by atoms with van der Waals surface area (Å²) in [5.74, 6) is 0. The molecule has 2 rings (SSSR count). The molecule has 0 bridgehead atoms. The van der Waals surface area contributed by atoms with E-state index in [0.29, 0.717) is 4.57 Å². The summed E-state index contributed by atoms with van der Waals surface area (Å²) in [5.41, 5.74) is -2.99. The van der Waals surface area contributed by atoms with Gasteiger partial charge in [0.05, 0.1) is 14.1 Å². The van der Waals surface area contributed by atoms with Crippen LogP contribution in [0.3, 0.4) is 0 Å². The van der Waals surface area contributed by atoms with Gasteiger partial charge in [0, 0.05) is 22.3 Å². The van der Waals surface area contributed by atoms with Crippen molar-refractivity contribution >= 4 is 0 Å². The molecule has 0 aromatic carbocycles. The smallest absolute Gasteiger partial charge is 0.330 e. The van der Waals surface area contributed by atoms with Gasteiger partial charge in [0.15, 0.2) is 0 Å². The van der Waals surface area contributed by atoms with Crippen LogP contribution in [-0.4, -0.2) is 38.6 Å². The van der Waals surface area contributed by atoms with Crippen LogP contribution in [0.15, 0.2) is 15.8 Å². The summed E-state index contributed by atoms with van der Waals surface area (Å²) < 4.78 is 35.4. The maximum Gasteiger partial charge on any atom is 0.330 e. The van der Waals surface area contributed by atoms with Gasteiger partial charge in [0.1, 0.15) is 12.3 Å². The number of H-pyrrole nitrogens is 1. The van der Waals surface area contributed by atoms with E-state index in [1.807, 2.05) is 4.98 Å². The number of nitrogens with zero attached hydrogens (tertiary/aromatic N) is 1. The third-order valence-corrected chi connectivity index (χ3v) is 2.57. The number of nitrogens with one attached hydrogen (secondary N) is 1. The van der Waals surface area contributed by atoms with Crippen molar-refractivity contribution in [2.75, 3.05) is 6.61 Å². The Morgan fingerprint density at radius 1 is 1.76 bits per heavy atom. The highest BCUT2D eigenvalue weighted by Crippen LogP contribution is 2.27. The zero-order chi connectivity index (χ0) is 15.9. The van der Waals surface area contributed by atoms with E-state index in [1.54, 1.807) is 0 Å². The molecule has 3 N–H and O–H groups in total. The summed E-state index contributed by atoms with van der Waals surface area (Å²) in [5, 5.41) is 18.6. The summed E-state index contributed by atoms with van der Waals surface area (Å²) in [6.45, 7) is -3.36. The van der Waals surface area contributed by atoms with Crippen molar-refractivity contribution in [3.05, 3.63) is 32.6 Å². The van der Waals surface area contributed by atoms with Gasteiger partial charge in [-0.3, -0.25) is 14.3 Å². The molecule has 3 atom stereocenters. The molecular formula is C10H14N2O5. The first kappa shape index (κ1) is 7.80. The van der Waals surface area contributed by atoms with E-state index in [4.69, 9.17) is 15.3 Å². The zero-order valence-electron chi connectivity index (χ0n) is 12.7. The van der Waals surface area contributed by atoms with E-state index in [2.05, 4.69) is 0 Å². The lowest BCUT2D eigenvalue weighted by Gasteiger charge is -2.14. The molecule has 0 unspecified atom stereocenters. The standard InChI is InChI=1S/C10H14N2O5/c1-5-3-12(10(16)11-9(5)15)8-2-6(14)7(4-13)17-8/h3,6-8,13-14H,2,4H2,1H3,(H,11,15,16)/t6-,7+,8+/m0/s1/i1D3,3D. The third-order valence-electron chi connectivity index (χ3n) is 2.57. The molecule has 0 amide bonds. The first-order chi connectivity index (χ1) is 9.66. The SMILES string of the molecule is [2H]c1c(C([2H])([2H])[2H])c(=O)[nH]c(=O)n1[C@H]1C[C@H](O)[C@@H](CO)O1. The molecule has 1 fully saturated rings. The van der Waals surface area contributed by atoms with Crippen LogP contribution in [-0.2, 0) is 4.74 Å². The van der Waals surface area contributed by atoms with Crippen molar-refractivity contribution in [1.29, 1.82) is 0 Å². The van der Waals surface area contributed by atoms with Crippen LogP contribution in [0.2, 0.25) is 0 Å². The van der Waals surface area contributed by atoms with Crippen molar-refractivity contribution in [1.82, 2.24) is 9.55 Å². The molecule has 1 aliphatic heterocycles. The van der Waals surface area contributed by atoms with Crippen molar-refractivity contribution in [3.63, 3.8) is 0 Å². The molecule has 94 valence electrons. The van der Waals surface area contributed by atoms with Crippen LogP contribution in [0.5, 0.6) is 0 Å². The Morgan fingerprint density at radius 3 is 3.12 bits per heavy atom. The fourth-order valence-corrected chi connectivity index (χ4v) is 1.68. The molecule has 0 radical (unpaired) electrons. The fourth-order valence-electron chi connectivity index (χ4n) is 1.68. The summed E-state index contributed by atoms with van der Waals surface area (Å²) in [6, 6.07) is 0. The number of aromatic amines is 1. The maximum atomic E-state index is 11.8. The highest BCUT2D eigenvalue weighted by Gasteiger charge is 2.34. The van der Waals surface area contributed by atoms with Crippen LogP contribution in [0.1, 0.15) is 23.7 Å². The van der Waals surface area contributed by atoms with Gasteiger partial charge >= 0.3 is 5.69 Å². The van der Waals surface area contributed by atoms with Crippen molar-refractivity contribution in [2.45, 2.75) is 31.7 Å². The Balaban J connectivity index is 2.56. The Hall–Kier alpha value is -1.44. The number of hydrogen-bond acceptors (Lipinski definition) is 5. The predicted molar refractivity (Wildman–Crippen MR) is 57.7 cm³/mol. The van der Waals surface area contributed by atoms with Gasteiger partial charge < -0.3 is 14.9 Å². The Morgan fingerprint density at radius 2 is 2.53 bits per heavy atom. The van der Waals surface area contributed by atoms with Crippen LogP contribution < -0.4 is 11.2 Å². The lowest BCUT2D eigenvalue weighted by molar-refractivity contribution is -0.0459. The lowest BCUT2D eigenvalue weighted by Crippen LogP contribution is -2.33. The highest BCUT2D eigenvalue weighted by atomic mass is 16.5. The van der Waals surface area contributed by atoms with Crippen LogP contribution in [0, 0.1) is 6.85 Å². The quantitative estimate of drug-likeness (QED) is 0.588. The average molecular weight is 246 g/mol. The molecule has 1 aliphatic rings. The minimum absolute atomic E-state index is 0.108. The van der Waals surface area contributed by atoms with Crippen LogP contribution in [0.4, 0.5) is 0 Å². The van der Waals surface area contributed by atoms with E-state index < -0.39 is 54.9 Å². The summed E-state index contributed by atoms with van der Waals surface area (Å²) >= 11 is 0. The van der Waals surface area contributed by atoms with Crippen molar-refractivity contribution in [2.24, 2.45) is 0 Å². The van der Waals surface area contributed by atoms with Gasteiger partial charge in [-0.2, -0.15) is 0 Å². The van der Waals surface area contributed by atoms with E-state index in [-0.39, 0.29) is 6.42 Å². The second kappa shape index (κ2) is 4.44. The monoisotopic (exact) mass is 246 g/mol. The van der Waals surface area contributed by atoms with Gasteiger partial charge in [-0.25, -0.2) is 4.79 Å². The number of aliphatic hydroxyl groups is 2. The molecule has 7 nitrogen and oxygen atoms in total. The summed E-state index contributed by atoms with van der Waals surface area (Å²) in [6.07, 6.45) is -4.03. The molecule has 1 aromatic rings. The zero-order valence-corrected chi connectivity index (χ0v) is 8.71. The average Bonchev–Trinajstić information content (AvgIpc) is 2.67. The van der Waals surface area contributed by atoms with E-state index in [0.717, 1.165) is 0 Å². The molecule has 0 spiro atoms. The summed E-state index contributed by atoms with van der Waals surface area (Å²) in [4.78, 5) is 25.2. The molecule has 17 heavy (non-hydrogen) atoms. The largest absolute Gasteiger partial charge is 0.394 e. The molecule has 2 heterocycles. The molecule has 1 saturated heterocycles. The first-order valence-electron chi connectivity index (χ1n) is 6.97. The second-order valence-electron chi connectivity index (χ2n) is 3.73. The van der Waals surface area contributed by atoms with Gasteiger partial charge in [-0.15, -0.1) is 0 Å². The molecule has 7 heteroatoms. The second-order valence-corrected chi connectivity index (χ2v) is 3.73. The number of aliphatic hydroxyl groups excluding tert-OH is 2. The molecule has 0 aliphatic carbocycles.